The van der Waals surface area contributed by atoms with Gasteiger partial charge in [-0.25, -0.2) is 0 Å². The van der Waals surface area contributed by atoms with Gasteiger partial charge in [-0.15, -0.1) is 0 Å². The van der Waals surface area contributed by atoms with Crippen LogP contribution in [0.1, 0.15) is 23.2 Å². The molecule has 0 amide bonds. The number of hydrogen-bond acceptors (Lipinski definition) is 5. The van der Waals surface area contributed by atoms with Crippen molar-refractivity contribution >= 4 is 25.5 Å². The molecule has 0 unspecified atom stereocenters. The van der Waals surface area contributed by atoms with Crippen LogP contribution in [-0.4, -0.2) is 13.2 Å². The summed E-state index contributed by atoms with van der Waals surface area (Å²) < 4.78 is 11.9. The van der Waals surface area contributed by atoms with Crippen molar-refractivity contribution in [2.24, 2.45) is 0 Å². The van der Waals surface area contributed by atoms with Gasteiger partial charge < -0.3 is 24.5 Å². The van der Waals surface area contributed by atoms with Gasteiger partial charge in [0.25, 0.3) is 0 Å². The molecule has 5 aromatic carbocycles. The number of nitrogens with one attached hydrogen (secondary N) is 2. The van der Waals surface area contributed by atoms with Gasteiger partial charge in [-0.3, -0.25) is 0 Å². The quantitative estimate of drug-likeness (QED) is 0.123. The van der Waals surface area contributed by atoms with Crippen molar-refractivity contribution in [1.29, 1.82) is 0 Å². The molecular formula is C36H35N4OP. The third-order valence-electron chi connectivity index (χ3n) is 7.23. The molecule has 5 aromatic rings. The summed E-state index contributed by atoms with van der Waals surface area (Å²) in [5.41, 5.74) is 5.78. The fourth-order valence-electron chi connectivity index (χ4n) is 5.41. The molecule has 0 bridgehead atoms. The lowest BCUT2D eigenvalue weighted by atomic mass is 9.92. The topological polar surface area (TPSA) is 39.8 Å². The zero-order valence-electron chi connectivity index (χ0n) is 23.5. The number of rotatable bonds is 11. The van der Waals surface area contributed by atoms with Gasteiger partial charge in [-0.2, -0.15) is 0 Å². The zero-order valence-corrected chi connectivity index (χ0v) is 24.4. The molecule has 42 heavy (non-hydrogen) atoms. The van der Waals surface area contributed by atoms with Gasteiger partial charge in [0, 0.05) is 23.6 Å². The Morgan fingerprint density at radius 2 is 1.00 bits per heavy atom. The van der Waals surface area contributed by atoms with E-state index in [4.69, 9.17) is 4.52 Å². The van der Waals surface area contributed by atoms with Crippen LogP contribution in [0.4, 0.5) is 17.1 Å². The molecule has 1 aliphatic rings. The molecule has 0 radical (unpaired) electrons. The lowest BCUT2D eigenvalue weighted by Gasteiger charge is -2.32. The molecule has 0 aromatic heterocycles. The van der Waals surface area contributed by atoms with Gasteiger partial charge in [-0.05, 0) is 47.5 Å². The van der Waals surface area contributed by atoms with Crippen molar-refractivity contribution in [3.63, 3.8) is 0 Å². The van der Waals surface area contributed by atoms with Crippen molar-refractivity contribution < 1.29 is 4.52 Å². The van der Waals surface area contributed by atoms with Crippen LogP contribution in [0.2, 0.25) is 0 Å². The maximum Gasteiger partial charge on any atom is 0.249 e. The summed E-state index contributed by atoms with van der Waals surface area (Å²) in [6, 6.07) is 53.1. The Labute approximate surface area is 250 Å². The van der Waals surface area contributed by atoms with Crippen LogP contribution in [0, 0.1) is 0 Å². The van der Waals surface area contributed by atoms with Crippen LogP contribution in [0.5, 0.6) is 0 Å². The average molecular weight is 571 g/mol. The Bertz CT molecular complexity index is 1450. The molecular weight excluding hydrogens is 535 g/mol. The summed E-state index contributed by atoms with van der Waals surface area (Å²) >= 11 is 0. The summed E-state index contributed by atoms with van der Waals surface area (Å²) in [5.74, 6) is 0.744. The summed E-state index contributed by atoms with van der Waals surface area (Å²) in [7, 11) is -1.25. The molecule has 0 aliphatic carbocycles. The molecule has 0 saturated carbocycles. The number of anilines is 3. The molecule has 1 saturated heterocycles. The van der Waals surface area contributed by atoms with Crippen molar-refractivity contribution in [3.05, 3.63) is 175 Å². The van der Waals surface area contributed by atoms with Crippen LogP contribution in [0.3, 0.4) is 0 Å². The maximum atomic E-state index is 6.93. The maximum absolute atomic E-state index is 6.93. The summed E-state index contributed by atoms with van der Waals surface area (Å²) in [4.78, 5) is 0. The largest absolute Gasteiger partial charge is 0.370 e. The molecule has 1 heterocycles. The molecule has 210 valence electrons. The van der Waals surface area contributed by atoms with Crippen LogP contribution in [0.15, 0.2) is 164 Å². The highest BCUT2D eigenvalue weighted by atomic mass is 31.2. The molecule has 2 atom stereocenters. The summed E-state index contributed by atoms with van der Waals surface area (Å²) in [6.07, 6.45) is 0. The number of hydrogen-bond donors (Lipinski definition) is 2. The first-order chi connectivity index (χ1) is 20.8. The molecule has 0 spiro atoms. The monoisotopic (exact) mass is 570 g/mol. The minimum Gasteiger partial charge on any atom is -0.370 e. The Hall–Kier alpha value is -4.57. The molecule has 1 aliphatic heterocycles. The standard InChI is InChI=1S/C36H35N4OP/c1-29(38-32-21-11-4-12-22-32)37-27-28-41-42-39(33-23-13-5-14-24-33)35(30-17-7-2-8-18-30)36(31-19-9-3-10-20-31)40(42)34-25-15-6-16-26-34/h2-26,35-38H,1,27-28H2/t35-,36-/m1/s1. The number of nitrogens with zero attached hydrogens (tertiary/aromatic N) is 2. The van der Waals surface area contributed by atoms with Gasteiger partial charge >= 0.3 is 0 Å². The van der Waals surface area contributed by atoms with Gasteiger partial charge in [0.15, 0.2) is 0 Å². The first-order valence-electron chi connectivity index (χ1n) is 14.3. The van der Waals surface area contributed by atoms with Crippen LogP contribution < -0.4 is 20.0 Å². The van der Waals surface area contributed by atoms with E-state index >= 15 is 0 Å². The average Bonchev–Trinajstić information content (AvgIpc) is 3.40. The predicted octanol–water partition coefficient (Wildman–Crippen LogP) is 8.91. The van der Waals surface area contributed by atoms with Crippen LogP contribution in [-0.2, 0) is 4.52 Å². The van der Waals surface area contributed by atoms with Crippen molar-refractivity contribution in [2.75, 3.05) is 27.8 Å². The van der Waals surface area contributed by atoms with E-state index in [0.717, 1.165) is 22.9 Å². The van der Waals surface area contributed by atoms with E-state index in [1.165, 1.54) is 11.1 Å². The minimum atomic E-state index is -1.25. The van der Waals surface area contributed by atoms with Gasteiger partial charge in [0.1, 0.15) is 0 Å². The highest BCUT2D eigenvalue weighted by Gasteiger charge is 2.50. The minimum absolute atomic E-state index is 0.0324. The van der Waals surface area contributed by atoms with E-state index in [-0.39, 0.29) is 12.1 Å². The molecule has 2 N–H and O–H groups in total. The highest BCUT2D eigenvalue weighted by molar-refractivity contribution is 7.56. The smallest absolute Gasteiger partial charge is 0.249 e. The summed E-state index contributed by atoms with van der Waals surface area (Å²) in [5, 5.41) is 6.71. The zero-order chi connectivity index (χ0) is 28.6. The first-order valence-corrected chi connectivity index (χ1v) is 15.4. The van der Waals surface area contributed by atoms with E-state index in [2.05, 4.69) is 148 Å². The lowest BCUT2D eigenvalue weighted by molar-refractivity contribution is 0.352. The van der Waals surface area contributed by atoms with Gasteiger partial charge in [0.05, 0.1) is 24.5 Å². The van der Waals surface area contributed by atoms with Gasteiger partial charge in [0.2, 0.25) is 8.45 Å². The Balaban J connectivity index is 1.36. The Kier molecular flexibility index (Phi) is 8.80. The van der Waals surface area contributed by atoms with E-state index in [1.54, 1.807) is 0 Å². The Morgan fingerprint density at radius 3 is 1.45 bits per heavy atom. The van der Waals surface area contributed by atoms with Crippen molar-refractivity contribution in [1.82, 2.24) is 5.32 Å². The fourth-order valence-corrected chi connectivity index (χ4v) is 7.72. The second-order valence-electron chi connectivity index (χ2n) is 10.1. The molecule has 6 heteroatoms. The fraction of sp³-hybridized carbons (Fsp3) is 0.111. The van der Waals surface area contributed by atoms with E-state index in [9.17, 15) is 0 Å². The van der Waals surface area contributed by atoms with Crippen LogP contribution in [0.25, 0.3) is 0 Å². The van der Waals surface area contributed by atoms with E-state index in [0.29, 0.717) is 13.2 Å². The number of benzene rings is 5. The van der Waals surface area contributed by atoms with Crippen molar-refractivity contribution in [2.45, 2.75) is 12.1 Å². The molecule has 1 fully saturated rings. The predicted molar refractivity (Wildman–Crippen MR) is 176 cm³/mol. The lowest BCUT2D eigenvalue weighted by Crippen LogP contribution is -2.25. The number of para-hydroxylation sites is 3. The third kappa shape index (κ3) is 6.18. The first kappa shape index (κ1) is 27.6. The summed E-state index contributed by atoms with van der Waals surface area (Å²) in [6.45, 7) is 5.29. The molecule has 5 nitrogen and oxygen atoms in total. The van der Waals surface area contributed by atoms with Crippen molar-refractivity contribution in [3.8, 4) is 0 Å². The Morgan fingerprint density at radius 1 is 0.595 bits per heavy atom. The second kappa shape index (κ2) is 13.4. The van der Waals surface area contributed by atoms with E-state index in [1.807, 2.05) is 30.3 Å². The second-order valence-corrected chi connectivity index (χ2v) is 11.7. The normalized spacial score (nSPS) is 16.8. The molecule has 6 rings (SSSR count). The highest BCUT2D eigenvalue weighted by Crippen LogP contribution is 2.67. The van der Waals surface area contributed by atoms with E-state index < -0.39 is 8.45 Å². The van der Waals surface area contributed by atoms with Crippen LogP contribution >= 0.6 is 8.45 Å². The third-order valence-corrected chi connectivity index (χ3v) is 9.34. The van der Waals surface area contributed by atoms with Gasteiger partial charge in [-0.1, -0.05) is 122 Å². The SMILES string of the molecule is C=C(NCCOP1N(c2ccccc2)[C@H](c2ccccc2)[C@@H](c2ccccc2)N1c1ccccc1)Nc1ccccc1.